The van der Waals surface area contributed by atoms with Crippen LogP contribution in [0, 0.1) is 6.92 Å². The molecule has 8 heteroatoms. The van der Waals surface area contributed by atoms with Gasteiger partial charge in [-0.1, -0.05) is 35.9 Å². The van der Waals surface area contributed by atoms with E-state index >= 15 is 0 Å². The number of hydrogen-bond donors (Lipinski definition) is 0. The van der Waals surface area contributed by atoms with E-state index in [-0.39, 0.29) is 5.56 Å². The number of nitrogens with zero attached hydrogens (tertiary/aromatic N) is 5. The Bertz CT molecular complexity index is 1760. The van der Waals surface area contributed by atoms with Crippen LogP contribution in [0.2, 0.25) is 0 Å². The van der Waals surface area contributed by atoms with Crippen molar-refractivity contribution in [3.05, 3.63) is 81.9 Å². The molecule has 0 saturated heterocycles. The second kappa shape index (κ2) is 9.61. The summed E-state index contributed by atoms with van der Waals surface area (Å²) in [6.07, 6.45) is 9.69. The fraction of sp³-hybridized carbons (Fsp3) is 0.276. The molecule has 2 aromatic carbocycles. The quantitative estimate of drug-likeness (QED) is 0.251. The first-order valence-electron chi connectivity index (χ1n) is 12.7. The highest BCUT2D eigenvalue weighted by molar-refractivity contribution is 6.03. The number of benzene rings is 2. The monoisotopic (exact) mass is 493 g/mol. The first kappa shape index (κ1) is 23.1. The van der Waals surface area contributed by atoms with Crippen molar-refractivity contribution >= 4 is 39.4 Å². The molecule has 1 aliphatic carbocycles. The largest absolute Gasteiger partial charge is 0.497 e. The molecule has 0 atom stereocenters. The van der Waals surface area contributed by atoms with Crippen molar-refractivity contribution in [3.63, 3.8) is 0 Å². The van der Waals surface area contributed by atoms with Crippen LogP contribution in [0.1, 0.15) is 43.5 Å². The number of methoxy groups -OCH3 is 1. The first-order valence-corrected chi connectivity index (χ1v) is 12.7. The van der Waals surface area contributed by atoms with Gasteiger partial charge in [-0.05, 0) is 61.9 Å². The molecule has 0 fully saturated rings. The van der Waals surface area contributed by atoms with Crippen LogP contribution in [-0.2, 0) is 6.54 Å². The average Bonchev–Trinajstić information content (AvgIpc) is 3.23. The molecule has 0 unspecified atom stereocenters. The van der Waals surface area contributed by atoms with Gasteiger partial charge in [0.05, 0.1) is 30.9 Å². The minimum Gasteiger partial charge on any atom is -0.497 e. The highest BCUT2D eigenvalue weighted by Gasteiger charge is 2.26. The van der Waals surface area contributed by atoms with E-state index in [0.717, 1.165) is 47.4 Å². The lowest BCUT2D eigenvalue weighted by atomic mass is 9.97. The molecule has 3 aromatic heterocycles. The van der Waals surface area contributed by atoms with Gasteiger partial charge in [-0.15, -0.1) is 9.78 Å². The van der Waals surface area contributed by atoms with E-state index in [1.165, 1.54) is 18.4 Å². The predicted molar refractivity (Wildman–Crippen MR) is 145 cm³/mol. The van der Waals surface area contributed by atoms with Gasteiger partial charge in [-0.3, -0.25) is 0 Å². The first-order chi connectivity index (χ1) is 18.1. The summed E-state index contributed by atoms with van der Waals surface area (Å²) in [6.45, 7) is 2.56. The maximum absolute atomic E-state index is 13.9. The molecule has 0 spiro atoms. The Morgan fingerprint density at radius 3 is 2.73 bits per heavy atom. The maximum Gasteiger partial charge on any atom is 0.323 e. The molecule has 0 aliphatic heterocycles. The summed E-state index contributed by atoms with van der Waals surface area (Å²) in [6, 6.07) is 15.3. The maximum atomic E-state index is 13.9. The number of ether oxygens (including phenoxy) is 1. The van der Waals surface area contributed by atoms with Crippen LogP contribution in [0.25, 0.3) is 33.2 Å². The standard InChI is InChI=1S/C29H28N6O2/c1-19-31-27-25(29(36)34(19)16-15-20-9-4-3-5-10-20)26-28(33-24-14-7-6-13-23(24)32-26)35(27)30-18-21-11-8-12-22(17-21)37-2/h6-9,11-14,17-18H,3-5,10,15-16H2,1-2H3/p+1/b30-18+. The molecule has 1 aliphatic rings. The zero-order chi connectivity index (χ0) is 25.4. The van der Waals surface area contributed by atoms with Crippen molar-refractivity contribution in [2.75, 3.05) is 7.11 Å². The Hall–Kier alpha value is -4.33. The van der Waals surface area contributed by atoms with Crippen LogP contribution in [0.4, 0.5) is 0 Å². The fourth-order valence-electron chi connectivity index (χ4n) is 5.09. The van der Waals surface area contributed by atoms with Crippen LogP contribution in [0.5, 0.6) is 5.75 Å². The Morgan fingerprint density at radius 1 is 1.11 bits per heavy atom. The van der Waals surface area contributed by atoms with E-state index < -0.39 is 0 Å². The topological polar surface area (TPSA) is 88.4 Å². The molecule has 3 heterocycles. The minimum absolute atomic E-state index is 0.0763. The van der Waals surface area contributed by atoms with Crippen LogP contribution >= 0.6 is 0 Å². The molecule has 0 amide bonds. The van der Waals surface area contributed by atoms with Gasteiger partial charge in [-0.2, -0.15) is 0 Å². The summed E-state index contributed by atoms with van der Waals surface area (Å²) in [5.74, 6) is 1.52. The third kappa shape index (κ3) is 4.28. The fourth-order valence-corrected chi connectivity index (χ4v) is 5.09. The van der Waals surface area contributed by atoms with Crippen LogP contribution in [-0.4, -0.2) is 32.5 Å². The summed E-state index contributed by atoms with van der Waals surface area (Å²) in [5, 5.41) is 5.25. The number of fused-ring (bicyclic) bond motifs is 4. The number of aromatic amines is 1. The molecule has 37 heavy (non-hydrogen) atoms. The van der Waals surface area contributed by atoms with E-state index in [9.17, 15) is 4.79 Å². The van der Waals surface area contributed by atoms with E-state index in [1.54, 1.807) is 18.0 Å². The molecule has 0 radical (unpaired) electrons. The van der Waals surface area contributed by atoms with Crippen molar-refractivity contribution in [2.24, 2.45) is 5.10 Å². The number of hydrogen-bond acceptors (Lipinski definition) is 5. The van der Waals surface area contributed by atoms with Crippen molar-refractivity contribution in [1.29, 1.82) is 0 Å². The van der Waals surface area contributed by atoms with Crippen molar-refractivity contribution < 1.29 is 9.72 Å². The number of aryl methyl sites for hydroxylation is 1. The van der Waals surface area contributed by atoms with Gasteiger partial charge in [0.2, 0.25) is 11.5 Å². The molecule has 186 valence electrons. The highest BCUT2D eigenvalue weighted by atomic mass is 16.5. The van der Waals surface area contributed by atoms with Gasteiger partial charge in [-0.25, -0.2) is 24.3 Å². The predicted octanol–water partition coefficient (Wildman–Crippen LogP) is 4.80. The second-order valence-corrected chi connectivity index (χ2v) is 9.47. The average molecular weight is 494 g/mol. The second-order valence-electron chi connectivity index (χ2n) is 9.47. The third-order valence-electron chi connectivity index (χ3n) is 7.06. The third-order valence-corrected chi connectivity index (χ3v) is 7.06. The molecular weight excluding hydrogens is 464 g/mol. The van der Waals surface area contributed by atoms with Crippen molar-refractivity contribution in [1.82, 2.24) is 19.2 Å². The summed E-state index contributed by atoms with van der Waals surface area (Å²) in [7, 11) is 1.64. The minimum atomic E-state index is -0.0763. The lowest BCUT2D eigenvalue weighted by Gasteiger charge is -2.12. The number of para-hydroxylation sites is 2. The Kier molecular flexibility index (Phi) is 6.00. The Balaban J connectivity index is 1.54. The van der Waals surface area contributed by atoms with Gasteiger partial charge in [0.25, 0.3) is 5.65 Å². The molecule has 5 aromatic rings. The molecule has 0 bridgehead atoms. The summed E-state index contributed by atoms with van der Waals surface area (Å²) < 4.78 is 8.86. The van der Waals surface area contributed by atoms with E-state index in [0.29, 0.717) is 28.7 Å². The number of nitrogens with one attached hydrogen (secondary N) is 1. The molecule has 6 rings (SSSR count). The van der Waals surface area contributed by atoms with Crippen LogP contribution in [0.3, 0.4) is 0 Å². The van der Waals surface area contributed by atoms with Crippen LogP contribution in [0.15, 0.2) is 70.1 Å². The smallest absolute Gasteiger partial charge is 0.323 e. The summed E-state index contributed by atoms with van der Waals surface area (Å²) >= 11 is 0. The highest BCUT2D eigenvalue weighted by Crippen LogP contribution is 2.25. The number of rotatable bonds is 6. The Morgan fingerprint density at radius 2 is 1.95 bits per heavy atom. The van der Waals surface area contributed by atoms with Gasteiger partial charge in [0.15, 0.2) is 5.39 Å². The van der Waals surface area contributed by atoms with Gasteiger partial charge >= 0.3 is 5.56 Å². The number of aromatic nitrogens is 5. The lowest BCUT2D eigenvalue weighted by Crippen LogP contribution is -2.31. The normalized spacial score (nSPS) is 14.2. The summed E-state index contributed by atoms with van der Waals surface area (Å²) in [5.41, 5.74) is 5.38. The van der Waals surface area contributed by atoms with Crippen molar-refractivity contribution in [2.45, 2.75) is 45.6 Å². The summed E-state index contributed by atoms with van der Waals surface area (Å²) in [4.78, 5) is 27.1. The zero-order valence-corrected chi connectivity index (χ0v) is 21.1. The SMILES string of the molecule is COc1cccc(/C=N/n2c3nc4ccccc4nc3c3c(=O)n(CCC4=CCCCC4)c(C)[nH+]c32)c1. The van der Waals surface area contributed by atoms with Gasteiger partial charge in [0.1, 0.15) is 11.3 Å². The number of H-pyrrole nitrogens is 1. The lowest BCUT2D eigenvalue weighted by molar-refractivity contribution is -0.368. The zero-order valence-electron chi connectivity index (χ0n) is 21.1. The van der Waals surface area contributed by atoms with E-state index in [4.69, 9.17) is 19.8 Å². The van der Waals surface area contributed by atoms with Crippen molar-refractivity contribution in [3.8, 4) is 5.75 Å². The Labute approximate surface area is 214 Å². The van der Waals surface area contributed by atoms with E-state index in [2.05, 4.69) is 11.1 Å². The molecular formula is C29H29N6O2+. The molecule has 1 N–H and O–H groups in total. The van der Waals surface area contributed by atoms with E-state index in [1.807, 2.05) is 60.0 Å². The van der Waals surface area contributed by atoms with Gasteiger partial charge in [0, 0.05) is 6.92 Å². The molecule has 0 saturated carbocycles. The van der Waals surface area contributed by atoms with Crippen LogP contribution < -0.4 is 15.3 Å². The van der Waals surface area contributed by atoms with Gasteiger partial charge < -0.3 is 4.74 Å². The molecule has 8 nitrogen and oxygen atoms in total. The number of allylic oxidation sites excluding steroid dienone is 2.